The Hall–Kier alpha value is -3.33. The summed E-state index contributed by atoms with van der Waals surface area (Å²) in [5.74, 6) is 0.544. The van der Waals surface area contributed by atoms with E-state index in [0.29, 0.717) is 5.89 Å². The summed E-state index contributed by atoms with van der Waals surface area (Å²) >= 11 is 1.10. The molecule has 0 saturated heterocycles. The standard InChI is InChI=1S/C21H22N4O4S/c1-13-5-4-6-17(14(13)2)23-18(26)11-22-19(27)12-30-21-25-24-20(29-21)15-7-9-16(28-3)10-8-15/h4-10H,11-12H2,1-3H3,(H,22,27)(H,23,26). The van der Waals surface area contributed by atoms with Gasteiger partial charge in [-0.3, -0.25) is 9.59 Å². The minimum Gasteiger partial charge on any atom is -0.497 e. The minimum atomic E-state index is -0.305. The number of rotatable bonds is 8. The largest absolute Gasteiger partial charge is 0.497 e. The predicted octanol–water partition coefficient (Wildman–Crippen LogP) is 3.21. The number of nitrogens with one attached hydrogen (secondary N) is 2. The second-order valence-electron chi connectivity index (χ2n) is 6.46. The average molecular weight is 426 g/mol. The number of benzene rings is 2. The summed E-state index contributed by atoms with van der Waals surface area (Å²) in [5.41, 5.74) is 3.57. The topological polar surface area (TPSA) is 106 Å². The first-order valence-electron chi connectivity index (χ1n) is 9.19. The van der Waals surface area contributed by atoms with Gasteiger partial charge in [0.15, 0.2) is 0 Å². The number of ether oxygens (including phenoxy) is 1. The number of carbonyl (C=O) groups is 2. The van der Waals surface area contributed by atoms with Crippen molar-refractivity contribution in [3.05, 3.63) is 53.6 Å². The first-order chi connectivity index (χ1) is 14.5. The lowest BCUT2D eigenvalue weighted by molar-refractivity contribution is -0.122. The zero-order valence-corrected chi connectivity index (χ0v) is 17.7. The van der Waals surface area contributed by atoms with Gasteiger partial charge >= 0.3 is 0 Å². The first kappa shape index (κ1) is 21.4. The van der Waals surface area contributed by atoms with Crippen LogP contribution in [0.4, 0.5) is 5.69 Å². The van der Waals surface area contributed by atoms with Gasteiger partial charge in [-0.05, 0) is 55.3 Å². The summed E-state index contributed by atoms with van der Waals surface area (Å²) in [6, 6.07) is 12.9. The lowest BCUT2D eigenvalue weighted by Gasteiger charge is -2.10. The summed E-state index contributed by atoms with van der Waals surface area (Å²) in [4.78, 5) is 24.1. The zero-order valence-electron chi connectivity index (χ0n) is 16.9. The van der Waals surface area contributed by atoms with Crippen LogP contribution in [0.2, 0.25) is 0 Å². The molecule has 2 aromatic carbocycles. The Bertz CT molecular complexity index is 1030. The molecular weight excluding hydrogens is 404 g/mol. The van der Waals surface area contributed by atoms with Gasteiger partial charge < -0.3 is 19.8 Å². The van der Waals surface area contributed by atoms with Crippen LogP contribution in [0.3, 0.4) is 0 Å². The van der Waals surface area contributed by atoms with E-state index in [1.807, 2.05) is 44.2 Å². The monoisotopic (exact) mass is 426 g/mol. The van der Waals surface area contributed by atoms with Crippen molar-refractivity contribution in [3.63, 3.8) is 0 Å². The molecule has 0 unspecified atom stereocenters. The number of hydrogen-bond acceptors (Lipinski definition) is 7. The summed E-state index contributed by atoms with van der Waals surface area (Å²) < 4.78 is 10.7. The number of thioether (sulfide) groups is 1. The molecule has 0 bridgehead atoms. The molecule has 9 heteroatoms. The van der Waals surface area contributed by atoms with Crippen LogP contribution >= 0.6 is 11.8 Å². The second-order valence-corrected chi connectivity index (χ2v) is 7.39. The number of carbonyl (C=O) groups excluding carboxylic acids is 2. The Kier molecular flexibility index (Phi) is 7.08. The SMILES string of the molecule is COc1ccc(-c2nnc(SCC(=O)NCC(=O)Nc3cccc(C)c3C)o2)cc1. The van der Waals surface area contributed by atoms with Crippen LogP contribution in [-0.2, 0) is 9.59 Å². The number of methoxy groups -OCH3 is 1. The second kappa shape index (κ2) is 9.93. The molecule has 2 N–H and O–H groups in total. The maximum absolute atomic E-state index is 12.1. The van der Waals surface area contributed by atoms with Crippen LogP contribution in [0.1, 0.15) is 11.1 Å². The molecule has 3 aromatic rings. The van der Waals surface area contributed by atoms with Gasteiger partial charge in [-0.15, -0.1) is 10.2 Å². The van der Waals surface area contributed by atoms with Crippen LogP contribution < -0.4 is 15.4 Å². The highest BCUT2D eigenvalue weighted by Crippen LogP contribution is 2.24. The molecule has 0 aliphatic heterocycles. The van der Waals surface area contributed by atoms with Crippen molar-refractivity contribution in [1.82, 2.24) is 15.5 Å². The molecule has 0 aliphatic carbocycles. The third kappa shape index (κ3) is 5.60. The fourth-order valence-corrected chi connectivity index (χ4v) is 3.15. The summed E-state index contributed by atoms with van der Waals surface area (Å²) in [5, 5.41) is 13.6. The smallest absolute Gasteiger partial charge is 0.277 e. The Balaban J connectivity index is 1.45. The van der Waals surface area contributed by atoms with Gasteiger partial charge in [0.25, 0.3) is 5.22 Å². The molecule has 3 rings (SSSR count). The predicted molar refractivity (Wildman–Crippen MR) is 115 cm³/mol. The van der Waals surface area contributed by atoms with Crippen molar-refractivity contribution >= 4 is 29.3 Å². The average Bonchev–Trinajstić information content (AvgIpc) is 3.23. The van der Waals surface area contributed by atoms with Gasteiger partial charge in [0.05, 0.1) is 19.4 Å². The molecule has 0 radical (unpaired) electrons. The maximum atomic E-state index is 12.1. The van der Waals surface area contributed by atoms with Gasteiger partial charge in [-0.25, -0.2) is 0 Å². The molecule has 156 valence electrons. The third-order valence-corrected chi connectivity index (χ3v) is 5.21. The van der Waals surface area contributed by atoms with Crippen molar-refractivity contribution in [2.24, 2.45) is 0 Å². The van der Waals surface area contributed by atoms with E-state index in [4.69, 9.17) is 9.15 Å². The van der Waals surface area contributed by atoms with E-state index in [1.54, 1.807) is 19.2 Å². The molecule has 30 heavy (non-hydrogen) atoms. The first-order valence-corrected chi connectivity index (χ1v) is 10.2. The fourth-order valence-electron chi connectivity index (χ4n) is 2.56. The van der Waals surface area contributed by atoms with E-state index in [1.165, 1.54) is 0 Å². The molecule has 0 spiro atoms. The van der Waals surface area contributed by atoms with Crippen molar-refractivity contribution in [2.75, 3.05) is 24.7 Å². The van der Waals surface area contributed by atoms with E-state index >= 15 is 0 Å². The summed E-state index contributed by atoms with van der Waals surface area (Å²) in [6.07, 6.45) is 0. The maximum Gasteiger partial charge on any atom is 0.277 e. The highest BCUT2D eigenvalue weighted by molar-refractivity contribution is 7.99. The molecular formula is C21H22N4O4S. The van der Waals surface area contributed by atoms with Gasteiger partial charge in [-0.2, -0.15) is 0 Å². The molecule has 1 heterocycles. The van der Waals surface area contributed by atoms with Crippen molar-refractivity contribution in [1.29, 1.82) is 0 Å². The van der Waals surface area contributed by atoms with E-state index in [9.17, 15) is 9.59 Å². The number of hydrogen-bond donors (Lipinski definition) is 2. The summed E-state index contributed by atoms with van der Waals surface area (Å²) in [6.45, 7) is 3.79. The van der Waals surface area contributed by atoms with Crippen LogP contribution in [0.5, 0.6) is 5.75 Å². The van der Waals surface area contributed by atoms with Crippen LogP contribution in [0, 0.1) is 13.8 Å². The highest BCUT2D eigenvalue weighted by atomic mass is 32.2. The number of anilines is 1. The summed E-state index contributed by atoms with van der Waals surface area (Å²) in [7, 11) is 1.59. The highest BCUT2D eigenvalue weighted by Gasteiger charge is 2.13. The van der Waals surface area contributed by atoms with Crippen LogP contribution in [-0.4, -0.2) is 41.4 Å². The molecule has 0 fully saturated rings. The molecule has 0 saturated carbocycles. The van der Waals surface area contributed by atoms with Crippen LogP contribution in [0.25, 0.3) is 11.5 Å². The van der Waals surface area contributed by atoms with Gasteiger partial charge in [-0.1, -0.05) is 23.9 Å². The third-order valence-electron chi connectivity index (χ3n) is 4.39. The van der Waals surface area contributed by atoms with E-state index < -0.39 is 0 Å². The molecule has 2 amide bonds. The number of nitrogens with zero attached hydrogens (tertiary/aromatic N) is 2. The molecule has 8 nitrogen and oxygen atoms in total. The van der Waals surface area contributed by atoms with E-state index in [0.717, 1.165) is 39.9 Å². The van der Waals surface area contributed by atoms with Gasteiger partial charge in [0.2, 0.25) is 17.7 Å². The molecule has 0 aliphatic rings. The fraction of sp³-hybridized carbons (Fsp3) is 0.238. The Morgan fingerprint density at radius 1 is 1.07 bits per heavy atom. The van der Waals surface area contributed by atoms with E-state index in [2.05, 4.69) is 20.8 Å². The Labute approximate surface area is 178 Å². The quantitative estimate of drug-likeness (QED) is 0.533. The minimum absolute atomic E-state index is 0.0565. The Morgan fingerprint density at radius 3 is 2.57 bits per heavy atom. The molecule has 0 atom stereocenters. The van der Waals surface area contributed by atoms with E-state index in [-0.39, 0.29) is 29.3 Å². The van der Waals surface area contributed by atoms with Crippen molar-refractivity contribution in [2.45, 2.75) is 19.1 Å². The normalized spacial score (nSPS) is 10.5. The number of aromatic nitrogens is 2. The lowest BCUT2D eigenvalue weighted by atomic mass is 10.1. The number of amides is 2. The van der Waals surface area contributed by atoms with Gasteiger partial charge in [0, 0.05) is 11.3 Å². The lowest BCUT2D eigenvalue weighted by Crippen LogP contribution is -2.34. The van der Waals surface area contributed by atoms with Crippen LogP contribution in [0.15, 0.2) is 52.1 Å². The molecule has 1 aromatic heterocycles. The number of aryl methyl sites for hydroxylation is 1. The van der Waals surface area contributed by atoms with Crippen molar-refractivity contribution < 1.29 is 18.7 Å². The van der Waals surface area contributed by atoms with Gasteiger partial charge in [0.1, 0.15) is 5.75 Å². The van der Waals surface area contributed by atoms with Crippen molar-refractivity contribution in [3.8, 4) is 17.2 Å². The zero-order chi connectivity index (χ0) is 21.5. The Morgan fingerprint density at radius 2 is 1.83 bits per heavy atom.